The Morgan fingerprint density at radius 3 is 0.875 bits per heavy atom. The zero-order chi connectivity index (χ0) is 42.9. The molecule has 0 saturated carbocycles. The van der Waals surface area contributed by atoms with Gasteiger partial charge in [0.15, 0.2) is 0 Å². The molecule has 0 aromatic heterocycles. The fraction of sp³-hybridized carbons (Fsp3) is 0.103. The minimum atomic E-state index is 0.621. The molecule has 0 aliphatic heterocycles. The van der Waals surface area contributed by atoms with Gasteiger partial charge in [-0.1, -0.05) is 121 Å². The molecule has 4 N–H and O–H groups in total. The third-order valence-corrected chi connectivity index (χ3v) is 11.6. The number of hydrogen-bond acceptors (Lipinski definition) is 6. The summed E-state index contributed by atoms with van der Waals surface area (Å²) in [6.07, 6.45) is 3.96. The summed E-state index contributed by atoms with van der Waals surface area (Å²) in [5.41, 5.74) is 7.90. The zero-order valence-corrected chi connectivity index (χ0v) is 35.7. The van der Waals surface area contributed by atoms with Crippen molar-refractivity contribution in [2.75, 3.05) is 34.5 Å². The lowest BCUT2D eigenvalue weighted by Gasteiger charge is -2.17. The molecule has 0 bridgehead atoms. The van der Waals surface area contributed by atoms with Crippen LogP contribution in [0.15, 0.2) is 206 Å². The maximum Gasteiger partial charge on any atom is 0.142 e. The van der Waals surface area contributed by atoms with Gasteiger partial charge >= 0.3 is 0 Å². The summed E-state index contributed by atoms with van der Waals surface area (Å²) in [7, 11) is 0. The van der Waals surface area contributed by atoms with E-state index in [4.69, 9.17) is 9.47 Å². The molecule has 0 atom stereocenters. The van der Waals surface area contributed by atoms with Gasteiger partial charge in [-0.3, -0.25) is 0 Å². The second-order valence-corrected chi connectivity index (χ2v) is 16.3. The highest BCUT2D eigenvalue weighted by atomic mass is 16.5. The number of nitrogens with one attached hydrogen (secondary N) is 4. The van der Waals surface area contributed by atoms with Gasteiger partial charge in [-0.2, -0.15) is 0 Å². The van der Waals surface area contributed by atoms with Crippen LogP contribution in [0.4, 0.5) is 45.5 Å². The Morgan fingerprint density at radius 1 is 0.250 bits per heavy atom. The molecule has 6 heteroatoms. The SMILES string of the molecule is c1ccc2cc(Nc3ccc(OCCCCCCOc4ccc(Nc5ccc6ccccc6c5)cc4Nc4ccc5ccccc5c4)c(Nc4ccc5ccccc5c4)c3)ccc2c1. The van der Waals surface area contributed by atoms with E-state index in [0.29, 0.717) is 13.2 Å². The molecule has 0 heterocycles. The van der Waals surface area contributed by atoms with Gasteiger partial charge in [0.25, 0.3) is 0 Å². The van der Waals surface area contributed by atoms with Gasteiger partial charge < -0.3 is 30.7 Å². The highest BCUT2D eigenvalue weighted by molar-refractivity contribution is 5.90. The summed E-state index contributed by atoms with van der Waals surface area (Å²) in [6, 6.07) is 72.1. The van der Waals surface area contributed by atoms with Gasteiger partial charge in [0.05, 0.1) is 24.6 Å². The molecule has 10 aromatic carbocycles. The van der Waals surface area contributed by atoms with Crippen LogP contribution >= 0.6 is 0 Å². The van der Waals surface area contributed by atoms with Gasteiger partial charge in [-0.25, -0.2) is 0 Å². The Kier molecular flexibility index (Phi) is 11.9. The van der Waals surface area contributed by atoms with Crippen molar-refractivity contribution in [1.29, 1.82) is 0 Å². The Bertz CT molecular complexity index is 3000. The van der Waals surface area contributed by atoms with Crippen LogP contribution in [0.25, 0.3) is 43.1 Å². The standard InChI is InChI=1S/C58H50N4O2/c1(11-33-63-57-31-29-53(59-49-25-21-41-13-3-7-17-45(41)35-49)39-55(57)61-51-27-23-43-15-5-9-19-47(43)37-51)2-12-34-64-58-32-30-54(60-50-26-22-42-14-4-8-18-46(42)36-50)40-56(58)62-52-28-24-44-16-6-10-20-48(44)38-52/h3-10,13-32,35-40,59-62H,1-2,11-12,33-34H2. The lowest BCUT2D eigenvalue weighted by Crippen LogP contribution is -2.03. The Hall–Kier alpha value is -7.96. The van der Waals surface area contributed by atoms with Crippen LogP contribution < -0.4 is 30.7 Å². The second kappa shape index (κ2) is 19.0. The maximum atomic E-state index is 6.47. The molecule has 0 aliphatic rings. The van der Waals surface area contributed by atoms with Crippen LogP contribution in [0.5, 0.6) is 11.5 Å². The van der Waals surface area contributed by atoms with Crippen LogP contribution in [-0.4, -0.2) is 13.2 Å². The highest BCUT2D eigenvalue weighted by Crippen LogP contribution is 2.36. The van der Waals surface area contributed by atoms with Gasteiger partial charge in [-0.15, -0.1) is 0 Å². The Balaban J connectivity index is 0.770. The molecule has 64 heavy (non-hydrogen) atoms. The second-order valence-electron chi connectivity index (χ2n) is 16.3. The first-order valence-corrected chi connectivity index (χ1v) is 22.2. The summed E-state index contributed by atoms with van der Waals surface area (Å²) < 4.78 is 12.9. The summed E-state index contributed by atoms with van der Waals surface area (Å²) in [4.78, 5) is 0. The quantitative estimate of drug-likeness (QED) is 0.0685. The van der Waals surface area contributed by atoms with Crippen molar-refractivity contribution < 1.29 is 9.47 Å². The molecular weight excluding hydrogens is 785 g/mol. The third kappa shape index (κ3) is 9.72. The van der Waals surface area contributed by atoms with E-state index in [-0.39, 0.29) is 0 Å². The Morgan fingerprint density at radius 2 is 0.531 bits per heavy atom. The minimum absolute atomic E-state index is 0.621. The maximum absolute atomic E-state index is 6.47. The van der Waals surface area contributed by atoms with Crippen LogP contribution in [0.2, 0.25) is 0 Å². The number of ether oxygens (including phenoxy) is 2. The van der Waals surface area contributed by atoms with Crippen molar-refractivity contribution in [2.45, 2.75) is 25.7 Å². The summed E-state index contributed by atoms with van der Waals surface area (Å²) in [5, 5.41) is 24.2. The monoisotopic (exact) mass is 834 g/mol. The fourth-order valence-electron chi connectivity index (χ4n) is 8.30. The first-order valence-electron chi connectivity index (χ1n) is 22.2. The third-order valence-electron chi connectivity index (χ3n) is 11.6. The lowest BCUT2D eigenvalue weighted by atomic mass is 10.1. The first-order chi connectivity index (χ1) is 31.6. The molecule has 0 amide bonds. The average molecular weight is 835 g/mol. The average Bonchev–Trinajstić information content (AvgIpc) is 3.33. The number of unbranched alkanes of at least 4 members (excludes halogenated alkanes) is 3. The topological polar surface area (TPSA) is 66.6 Å². The largest absolute Gasteiger partial charge is 0.491 e. The molecule has 0 radical (unpaired) electrons. The molecule has 0 fully saturated rings. The Labute approximate surface area is 374 Å². The zero-order valence-electron chi connectivity index (χ0n) is 35.7. The van der Waals surface area contributed by atoms with E-state index in [1.54, 1.807) is 0 Å². The predicted molar refractivity (Wildman–Crippen MR) is 271 cm³/mol. The van der Waals surface area contributed by atoms with Gasteiger partial charge in [0, 0.05) is 34.1 Å². The van der Waals surface area contributed by atoms with E-state index < -0.39 is 0 Å². The number of anilines is 8. The van der Waals surface area contributed by atoms with E-state index in [1.165, 1.54) is 43.1 Å². The minimum Gasteiger partial charge on any atom is -0.491 e. The van der Waals surface area contributed by atoms with Crippen LogP contribution in [0, 0.1) is 0 Å². The number of hydrogen-bond donors (Lipinski definition) is 4. The van der Waals surface area contributed by atoms with Gasteiger partial charge in [0.2, 0.25) is 0 Å². The highest BCUT2D eigenvalue weighted by Gasteiger charge is 2.11. The van der Waals surface area contributed by atoms with Crippen molar-refractivity contribution >= 4 is 88.6 Å². The smallest absolute Gasteiger partial charge is 0.142 e. The number of fused-ring (bicyclic) bond motifs is 4. The summed E-state index contributed by atoms with van der Waals surface area (Å²) >= 11 is 0. The fourth-order valence-corrected chi connectivity index (χ4v) is 8.30. The molecule has 10 rings (SSSR count). The van der Waals surface area contributed by atoms with E-state index in [1.807, 2.05) is 0 Å². The molecule has 6 nitrogen and oxygen atoms in total. The van der Waals surface area contributed by atoms with Crippen LogP contribution in [0.1, 0.15) is 25.7 Å². The normalized spacial score (nSPS) is 11.2. The summed E-state index contributed by atoms with van der Waals surface area (Å²) in [6.45, 7) is 1.24. The lowest BCUT2D eigenvalue weighted by molar-refractivity contribution is 0.289. The molecule has 0 unspecified atom stereocenters. The molecule has 0 aliphatic carbocycles. The number of benzene rings is 10. The molecular formula is C58H50N4O2. The molecule has 0 saturated heterocycles. The van der Waals surface area contributed by atoms with Gasteiger partial charge in [0.1, 0.15) is 11.5 Å². The molecule has 0 spiro atoms. The molecule has 314 valence electrons. The van der Waals surface area contributed by atoms with Crippen molar-refractivity contribution in [3.8, 4) is 11.5 Å². The number of rotatable bonds is 17. The van der Waals surface area contributed by atoms with E-state index >= 15 is 0 Å². The first kappa shape index (κ1) is 40.1. The van der Waals surface area contributed by atoms with E-state index in [2.05, 4.69) is 228 Å². The van der Waals surface area contributed by atoms with Crippen molar-refractivity contribution in [1.82, 2.24) is 0 Å². The van der Waals surface area contributed by atoms with Crippen LogP contribution in [-0.2, 0) is 0 Å². The van der Waals surface area contributed by atoms with E-state index in [0.717, 1.165) is 82.7 Å². The predicted octanol–water partition coefficient (Wildman–Crippen LogP) is 16.3. The van der Waals surface area contributed by atoms with Crippen molar-refractivity contribution in [3.05, 3.63) is 206 Å². The van der Waals surface area contributed by atoms with Crippen molar-refractivity contribution in [2.24, 2.45) is 0 Å². The van der Waals surface area contributed by atoms with E-state index in [9.17, 15) is 0 Å². The van der Waals surface area contributed by atoms with Gasteiger partial charge in [-0.05, 0) is 154 Å². The van der Waals surface area contributed by atoms with Crippen LogP contribution in [0.3, 0.4) is 0 Å². The van der Waals surface area contributed by atoms with Crippen molar-refractivity contribution in [3.63, 3.8) is 0 Å². The molecule has 10 aromatic rings. The summed E-state index contributed by atoms with van der Waals surface area (Å²) in [5.74, 6) is 1.65.